The number of amides is 1. The highest BCUT2D eigenvalue weighted by Gasteiger charge is 2.40. The van der Waals surface area contributed by atoms with Gasteiger partial charge in [0.25, 0.3) is 0 Å². The molecular weight excluding hydrogens is 260 g/mol. The molecule has 6 N–H and O–H groups in total. The number of hydrazine groups is 1. The van der Waals surface area contributed by atoms with E-state index in [0.29, 0.717) is 12.8 Å². The Morgan fingerprint density at radius 2 is 2.10 bits per heavy atom. The van der Waals surface area contributed by atoms with Crippen LogP contribution in [0.4, 0.5) is 5.69 Å². The topological polar surface area (TPSA) is 116 Å². The third-order valence-corrected chi connectivity index (χ3v) is 3.82. The van der Waals surface area contributed by atoms with Crippen LogP contribution in [0.1, 0.15) is 23.6 Å². The number of benzene rings is 1. The Morgan fingerprint density at radius 1 is 1.30 bits per heavy atom. The molecule has 2 heterocycles. The van der Waals surface area contributed by atoms with Crippen molar-refractivity contribution in [2.45, 2.75) is 25.0 Å². The van der Waals surface area contributed by atoms with Crippen molar-refractivity contribution in [1.29, 1.82) is 0 Å². The van der Waals surface area contributed by atoms with Crippen molar-refractivity contribution in [2.75, 3.05) is 5.32 Å². The number of anilines is 1. The molecule has 3 atom stereocenters. The van der Waals surface area contributed by atoms with Crippen LogP contribution in [0.25, 0.3) is 0 Å². The molecule has 3 unspecified atom stereocenters. The van der Waals surface area contributed by atoms with E-state index in [2.05, 4.69) is 16.2 Å². The van der Waals surface area contributed by atoms with Crippen LogP contribution in [0.15, 0.2) is 18.2 Å². The highest BCUT2D eigenvalue weighted by atomic mass is 16.4. The first-order valence-electron chi connectivity index (χ1n) is 6.48. The van der Waals surface area contributed by atoms with E-state index < -0.39 is 18.1 Å². The van der Waals surface area contributed by atoms with Gasteiger partial charge in [0.1, 0.15) is 5.92 Å². The van der Waals surface area contributed by atoms with E-state index in [4.69, 9.17) is 5.73 Å². The number of rotatable bonds is 2. The Morgan fingerprint density at radius 3 is 2.85 bits per heavy atom. The lowest BCUT2D eigenvalue weighted by Gasteiger charge is -2.21. The second kappa shape index (κ2) is 4.86. The number of fused-ring (bicyclic) bond motifs is 1. The molecule has 2 aliphatic heterocycles. The predicted molar refractivity (Wildman–Crippen MR) is 71.5 cm³/mol. The average molecular weight is 276 g/mol. The Labute approximate surface area is 115 Å². The Hall–Kier alpha value is -1.96. The van der Waals surface area contributed by atoms with Gasteiger partial charge in [-0.15, -0.1) is 0 Å². The van der Waals surface area contributed by atoms with Crippen LogP contribution in [-0.4, -0.2) is 23.1 Å². The Balaban J connectivity index is 1.91. The van der Waals surface area contributed by atoms with E-state index in [1.54, 1.807) is 0 Å². The van der Waals surface area contributed by atoms with Crippen molar-refractivity contribution >= 4 is 17.6 Å². The van der Waals surface area contributed by atoms with Gasteiger partial charge in [0, 0.05) is 12.1 Å². The summed E-state index contributed by atoms with van der Waals surface area (Å²) in [4.78, 5) is 22.6. The number of carboxylic acids is 1. The molecule has 7 heteroatoms. The molecule has 0 radical (unpaired) electrons. The lowest BCUT2D eigenvalue weighted by Crippen LogP contribution is -2.41. The minimum atomic E-state index is -0.939. The van der Waals surface area contributed by atoms with Gasteiger partial charge in [-0.3, -0.25) is 9.59 Å². The zero-order valence-corrected chi connectivity index (χ0v) is 10.7. The van der Waals surface area contributed by atoms with Crippen molar-refractivity contribution in [1.82, 2.24) is 10.9 Å². The maximum atomic E-state index is 11.3. The molecular formula is C13H16N4O3. The predicted octanol–water partition coefficient (Wildman–Crippen LogP) is -0.294. The van der Waals surface area contributed by atoms with Gasteiger partial charge in [-0.1, -0.05) is 12.1 Å². The first-order chi connectivity index (χ1) is 9.56. The van der Waals surface area contributed by atoms with E-state index >= 15 is 0 Å². The van der Waals surface area contributed by atoms with Gasteiger partial charge in [-0.05, 0) is 23.6 Å². The number of hydrogen-bond donors (Lipinski definition) is 5. The first-order valence-corrected chi connectivity index (χ1v) is 6.48. The van der Waals surface area contributed by atoms with Crippen LogP contribution in [0.2, 0.25) is 0 Å². The van der Waals surface area contributed by atoms with Gasteiger partial charge >= 0.3 is 5.97 Å². The van der Waals surface area contributed by atoms with Gasteiger partial charge < -0.3 is 16.2 Å². The summed E-state index contributed by atoms with van der Waals surface area (Å²) in [5.41, 5.74) is 14.1. The zero-order chi connectivity index (χ0) is 14.3. The highest BCUT2D eigenvalue weighted by Crippen LogP contribution is 2.31. The lowest BCUT2D eigenvalue weighted by molar-refractivity contribution is -0.142. The third kappa shape index (κ3) is 2.15. The van der Waals surface area contributed by atoms with Crippen molar-refractivity contribution < 1.29 is 14.7 Å². The second-order valence-electron chi connectivity index (χ2n) is 5.12. The molecule has 1 saturated heterocycles. The lowest BCUT2D eigenvalue weighted by atomic mass is 9.90. The molecule has 2 aliphatic rings. The van der Waals surface area contributed by atoms with Crippen LogP contribution in [0.3, 0.4) is 0 Å². The smallest absolute Gasteiger partial charge is 0.311 e. The van der Waals surface area contributed by atoms with Crippen molar-refractivity contribution in [3.8, 4) is 0 Å². The molecule has 0 saturated carbocycles. The highest BCUT2D eigenvalue weighted by molar-refractivity contribution is 5.93. The molecule has 1 fully saturated rings. The van der Waals surface area contributed by atoms with Gasteiger partial charge in [0.15, 0.2) is 0 Å². The molecule has 1 amide bonds. The van der Waals surface area contributed by atoms with E-state index in [-0.39, 0.29) is 11.9 Å². The van der Waals surface area contributed by atoms with E-state index in [0.717, 1.165) is 16.8 Å². The second-order valence-corrected chi connectivity index (χ2v) is 5.12. The monoisotopic (exact) mass is 276 g/mol. The first kappa shape index (κ1) is 13.0. The quantitative estimate of drug-likeness (QED) is 0.506. The number of carboxylic acid groups (broad SMARTS) is 1. The van der Waals surface area contributed by atoms with Crippen molar-refractivity contribution in [2.24, 2.45) is 11.7 Å². The number of nitrogens with two attached hydrogens (primary N) is 1. The fourth-order valence-corrected chi connectivity index (χ4v) is 2.76. The SMILES string of the molecule is NC1NNC(c2ccc3c(c2)CCC(=O)N3)C1C(=O)O. The van der Waals surface area contributed by atoms with Gasteiger partial charge in [-0.25, -0.2) is 10.9 Å². The molecule has 0 aliphatic carbocycles. The fourth-order valence-electron chi connectivity index (χ4n) is 2.76. The van der Waals surface area contributed by atoms with Crippen LogP contribution < -0.4 is 21.9 Å². The number of aryl methyl sites for hydroxylation is 1. The Kier molecular flexibility index (Phi) is 3.17. The molecule has 0 bridgehead atoms. The van der Waals surface area contributed by atoms with Gasteiger partial charge in [0.05, 0.1) is 12.2 Å². The molecule has 0 aromatic heterocycles. The third-order valence-electron chi connectivity index (χ3n) is 3.82. The van der Waals surface area contributed by atoms with Crippen molar-refractivity contribution in [3.05, 3.63) is 29.3 Å². The summed E-state index contributed by atoms with van der Waals surface area (Å²) in [7, 11) is 0. The molecule has 20 heavy (non-hydrogen) atoms. The maximum absolute atomic E-state index is 11.3. The van der Waals surface area contributed by atoms with Crippen LogP contribution >= 0.6 is 0 Å². The molecule has 106 valence electrons. The normalized spacial score (nSPS) is 28.9. The standard InChI is InChI=1S/C13H16N4O3/c14-12-10(13(19)20)11(16-17-12)7-1-3-8-6(5-7)2-4-9(18)15-8/h1,3,5,10-12,16-17H,2,4,14H2,(H,15,18)(H,19,20). The summed E-state index contributed by atoms with van der Waals surface area (Å²) in [5, 5.41) is 12.1. The van der Waals surface area contributed by atoms with E-state index in [9.17, 15) is 14.7 Å². The zero-order valence-electron chi connectivity index (χ0n) is 10.7. The molecule has 0 spiro atoms. The fraction of sp³-hybridized carbons (Fsp3) is 0.385. The number of aliphatic carboxylic acids is 1. The average Bonchev–Trinajstić information content (AvgIpc) is 2.80. The minimum absolute atomic E-state index is 0.0105. The number of nitrogens with one attached hydrogen (secondary N) is 3. The summed E-state index contributed by atoms with van der Waals surface area (Å²) >= 11 is 0. The number of carbonyl (C=O) groups excluding carboxylic acids is 1. The van der Waals surface area contributed by atoms with E-state index in [1.807, 2.05) is 18.2 Å². The Bertz CT molecular complexity index is 575. The number of hydrogen-bond acceptors (Lipinski definition) is 5. The molecule has 3 rings (SSSR count). The van der Waals surface area contributed by atoms with Gasteiger partial charge in [0.2, 0.25) is 5.91 Å². The largest absolute Gasteiger partial charge is 0.481 e. The molecule has 7 nitrogen and oxygen atoms in total. The summed E-state index contributed by atoms with van der Waals surface area (Å²) in [6.45, 7) is 0. The summed E-state index contributed by atoms with van der Waals surface area (Å²) in [6.07, 6.45) is 0.487. The van der Waals surface area contributed by atoms with Crippen molar-refractivity contribution in [3.63, 3.8) is 0 Å². The van der Waals surface area contributed by atoms with Crippen LogP contribution in [0, 0.1) is 5.92 Å². The maximum Gasteiger partial charge on any atom is 0.311 e. The minimum Gasteiger partial charge on any atom is -0.481 e. The summed E-state index contributed by atoms with van der Waals surface area (Å²) in [5.74, 6) is -1.66. The van der Waals surface area contributed by atoms with E-state index in [1.165, 1.54) is 0 Å². The summed E-state index contributed by atoms with van der Waals surface area (Å²) in [6, 6.07) is 5.18. The van der Waals surface area contributed by atoms with Gasteiger partial charge in [-0.2, -0.15) is 0 Å². The van der Waals surface area contributed by atoms with Crippen LogP contribution in [0.5, 0.6) is 0 Å². The molecule has 1 aromatic rings. The molecule has 1 aromatic carbocycles. The van der Waals surface area contributed by atoms with Crippen LogP contribution in [-0.2, 0) is 16.0 Å². The number of carbonyl (C=O) groups is 2. The summed E-state index contributed by atoms with van der Waals surface area (Å²) < 4.78 is 0.